The first-order valence-corrected chi connectivity index (χ1v) is 6.15. The highest BCUT2D eigenvalue weighted by Gasteiger charge is 2.22. The predicted octanol–water partition coefficient (Wildman–Crippen LogP) is 1.98. The molecular formula is C14H19NO2. The van der Waals surface area contributed by atoms with Crippen molar-refractivity contribution in [1.82, 2.24) is 5.32 Å². The lowest BCUT2D eigenvalue weighted by Crippen LogP contribution is -2.43. The van der Waals surface area contributed by atoms with Crippen LogP contribution in [-0.2, 0) is 4.74 Å². The molecule has 1 aliphatic heterocycles. The van der Waals surface area contributed by atoms with Crippen LogP contribution in [0.3, 0.4) is 0 Å². The van der Waals surface area contributed by atoms with E-state index in [1.807, 2.05) is 24.3 Å². The van der Waals surface area contributed by atoms with Gasteiger partial charge in [0.1, 0.15) is 6.10 Å². The summed E-state index contributed by atoms with van der Waals surface area (Å²) in [5.74, 6) is 0.569. The van der Waals surface area contributed by atoms with Crippen LogP contribution in [0.5, 0.6) is 0 Å². The van der Waals surface area contributed by atoms with Crippen LogP contribution >= 0.6 is 0 Å². The van der Waals surface area contributed by atoms with Crippen molar-refractivity contribution in [1.29, 1.82) is 0 Å². The van der Waals surface area contributed by atoms with Gasteiger partial charge in [0.05, 0.1) is 6.61 Å². The minimum Gasteiger partial charge on any atom is -0.367 e. The molecule has 92 valence electrons. The Bertz CT molecular complexity index is 378. The Labute approximate surface area is 102 Å². The first-order valence-electron chi connectivity index (χ1n) is 6.15. The van der Waals surface area contributed by atoms with Gasteiger partial charge in [-0.25, -0.2) is 0 Å². The van der Waals surface area contributed by atoms with E-state index in [4.69, 9.17) is 4.74 Å². The van der Waals surface area contributed by atoms with Crippen molar-refractivity contribution in [3.8, 4) is 0 Å². The normalized spacial score (nSPS) is 20.5. The fourth-order valence-corrected chi connectivity index (χ4v) is 1.95. The van der Waals surface area contributed by atoms with E-state index >= 15 is 0 Å². The Kier molecular flexibility index (Phi) is 3.92. The zero-order valence-corrected chi connectivity index (χ0v) is 10.4. The fourth-order valence-electron chi connectivity index (χ4n) is 1.95. The Hall–Kier alpha value is -1.19. The molecule has 1 saturated heterocycles. The summed E-state index contributed by atoms with van der Waals surface area (Å²) in [6.07, 6.45) is -0.325. The minimum absolute atomic E-state index is 0.0764. The van der Waals surface area contributed by atoms with Crippen molar-refractivity contribution < 1.29 is 9.53 Å². The van der Waals surface area contributed by atoms with Crippen LogP contribution < -0.4 is 5.32 Å². The Balaban J connectivity index is 2.08. The molecule has 1 unspecified atom stereocenters. The van der Waals surface area contributed by atoms with Crippen molar-refractivity contribution >= 4 is 5.78 Å². The van der Waals surface area contributed by atoms with Crippen molar-refractivity contribution in [2.24, 2.45) is 0 Å². The minimum atomic E-state index is -0.325. The highest BCUT2D eigenvalue weighted by molar-refractivity contribution is 5.99. The molecule has 1 N–H and O–H groups in total. The van der Waals surface area contributed by atoms with E-state index in [9.17, 15) is 4.79 Å². The molecule has 0 aliphatic carbocycles. The Morgan fingerprint density at radius 1 is 1.35 bits per heavy atom. The molecule has 1 atom stereocenters. The number of morpholine rings is 1. The van der Waals surface area contributed by atoms with Crippen LogP contribution in [0.2, 0.25) is 0 Å². The molecule has 0 spiro atoms. The number of hydrogen-bond acceptors (Lipinski definition) is 3. The van der Waals surface area contributed by atoms with Gasteiger partial charge in [-0.15, -0.1) is 0 Å². The van der Waals surface area contributed by atoms with Crippen molar-refractivity contribution in [2.45, 2.75) is 25.9 Å². The molecule has 0 bridgehead atoms. The predicted molar refractivity (Wildman–Crippen MR) is 67.5 cm³/mol. The van der Waals surface area contributed by atoms with E-state index in [1.165, 1.54) is 5.56 Å². The quantitative estimate of drug-likeness (QED) is 0.811. The summed E-state index contributed by atoms with van der Waals surface area (Å²) < 4.78 is 5.46. The summed E-state index contributed by atoms with van der Waals surface area (Å²) in [5, 5.41) is 3.17. The molecule has 2 rings (SSSR count). The van der Waals surface area contributed by atoms with Gasteiger partial charge < -0.3 is 10.1 Å². The summed E-state index contributed by atoms with van der Waals surface area (Å²) in [4.78, 5) is 12.1. The van der Waals surface area contributed by atoms with E-state index in [1.54, 1.807) is 0 Å². The molecule has 0 radical (unpaired) electrons. The Morgan fingerprint density at radius 2 is 2.06 bits per heavy atom. The summed E-state index contributed by atoms with van der Waals surface area (Å²) in [6.45, 7) is 6.34. The van der Waals surface area contributed by atoms with Crippen LogP contribution in [0.15, 0.2) is 24.3 Å². The second-order valence-corrected chi connectivity index (χ2v) is 4.70. The van der Waals surface area contributed by atoms with E-state index in [-0.39, 0.29) is 11.9 Å². The van der Waals surface area contributed by atoms with Crippen LogP contribution in [0.25, 0.3) is 0 Å². The smallest absolute Gasteiger partial charge is 0.192 e. The average Bonchev–Trinajstić information content (AvgIpc) is 2.39. The molecule has 1 aliphatic rings. The van der Waals surface area contributed by atoms with Gasteiger partial charge in [0.2, 0.25) is 0 Å². The summed E-state index contributed by atoms with van der Waals surface area (Å²) >= 11 is 0. The lowest BCUT2D eigenvalue weighted by atomic mass is 9.99. The maximum atomic E-state index is 12.1. The molecule has 1 aromatic rings. The SMILES string of the molecule is CC(C)c1ccc(C(=O)C2CNCCO2)cc1. The zero-order chi connectivity index (χ0) is 12.3. The van der Waals surface area contributed by atoms with Gasteiger partial charge in [0.15, 0.2) is 5.78 Å². The van der Waals surface area contributed by atoms with Crippen LogP contribution in [0.4, 0.5) is 0 Å². The molecule has 1 aromatic carbocycles. The van der Waals surface area contributed by atoms with E-state index in [0.717, 1.165) is 12.1 Å². The van der Waals surface area contributed by atoms with Crippen molar-refractivity contribution in [2.75, 3.05) is 19.7 Å². The molecule has 3 heteroatoms. The average molecular weight is 233 g/mol. The lowest BCUT2D eigenvalue weighted by Gasteiger charge is -2.22. The molecule has 3 nitrogen and oxygen atoms in total. The van der Waals surface area contributed by atoms with E-state index < -0.39 is 0 Å². The van der Waals surface area contributed by atoms with E-state index in [0.29, 0.717) is 19.1 Å². The molecule has 1 fully saturated rings. The van der Waals surface area contributed by atoms with Crippen LogP contribution in [0, 0.1) is 0 Å². The lowest BCUT2D eigenvalue weighted by molar-refractivity contribution is 0.0269. The topological polar surface area (TPSA) is 38.3 Å². The highest BCUT2D eigenvalue weighted by atomic mass is 16.5. The molecule has 0 saturated carbocycles. The zero-order valence-electron chi connectivity index (χ0n) is 10.4. The Morgan fingerprint density at radius 3 is 2.59 bits per heavy atom. The number of carbonyl (C=O) groups is 1. The molecule has 0 amide bonds. The van der Waals surface area contributed by atoms with Gasteiger partial charge in [-0.3, -0.25) is 4.79 Å². The number of ether oxygens (including phenoxy) is 1. The maximum Gasteiger partial charge on any atom is 0.192 e. The van der Waals surface area contributed by atoms with Gasteiger partial charge in [0, 0.05) is 18.7 Å². The van der Waals surface area contributed by atoms with Crippen LogP contribution in [-0.4, -0.2) is 31.6 Å². The number of Topliss-reactive ketones (excluding diaryl/α,β-unsaturated/α-hetero) is 1. The third-order valence-electron chi connectivity index (χ3n) is 3.08. The first-order chi connectivity index (χ1) is 8.18. The second kappa shape index (κ2) is 5.43. The summed E-state index contributed by atoms with van der Waals surface area (Å²) in [5.41, 5.74) is 1.99. The van der Waals surface area contributed by atoms with E-state index in [2.05, 4.69) is 19.2 Å². The number of benzene rings is 1. The van der Waals surface area contributed by atoms with Gasteiger partial charge in [0.25, 0.3) is 0 Å². The van der Waals surface area contributed by atoms with Gasteiger partial charge >= 0.3 is 0 Å². The number of nitrogens with one attached hydrogen (secondary N) is 1. The number of rotatable bonds is 3. The first kappa shape index (κ1) is 12.3. The number of hydrogen-bond donors (Lipinski definition) is 1. The highest BCUT2D eigenvalue weighted by Crippen LogP contribution is 2.16. The summed E-state index contributed by atoms with van der Waals surface area (Å²) in [6, 6.07) is 7.84. The van der Waals surface area contributed by atoms with Crippen molar-refractivity contribution in [3.63, 3.8) is 0 Å². The number of carbonyl (C=O) groups excluding carboxylic acids is 1. The maximum absolute atomic E-state index is 12.1. The molecular weight excluding hydrogens is 214 g/mol. The third-order valence-corrected chi connectivity index (χ3v) is 3.08. The second-order valence-electron chi connectivity index (χ2n) is 4.70. The van der Waals surface area contributed by atoms with Crippen molar-refractivity contribution in [3.05, 3.63) is 35.4 Å². The third kappa shape index (κ3) is 2.93. The fraction of sp³-hybridized carbons (Fsp3) is 0.500. The van der Waals surface area contributed by atoms with Gasteiger partial charge in [-0.05, 0) is 11.5 Å². The molecule has 17 heavy (non-hydrogen) atoms. The molecule has 0 aromatic heterocycles. The largest absolute Gasteiger partial charge is 0.367 e. The van der Waals surface area contributed by atoms with Gasteiger partial charge in [-0.2, -0.15) is 0 Å². The monoisotopic (exact) mass is 233 g/mol. The molecule has 1 heterocycles. The number of ketones is 1. The standard InChI is InChI=1S/C14H19NO2/c1-10(2)11-3-5-12(6-4-11)14(16)13-9-15-7-8-17-13/h3-6,10,13,15H,7-9H2,1-2H3. The summed E-state index contributed by atoms with van der Waals surface area (Å²) in [7, 11) is 0. The van der Waals surface area contributed by atoms with Crippen LogP contribution in [0.1, 0.15) is 35.7 Å². The van der Waals surface area contributed by atoms with Gasteiger partial charge in [-0.1, -0.05) is 38.1 Å².